The molecule has 2 fully saturated rings. The molecule has 9 heteroatoms. The number of aromatic amines is 1. The maximum Gasteiger partial charge on any atom is 0.261 e. The number of piperidine rings is 1. The fourth-order valence-corrected chi connectivity index (χ4v) is 4.33. The number of thiophene rings is 1. The first-order chi connectivity index (χ1) is 12.0. The van der Waals surface area contributed by atoms with Crippen LogP contribution in [0.1, 0.15) is 22.5 Å². The maximum atomic E-state index is 12.7. The summed E-state index contributed by atoms with van der Waals surface area (Å²) < 4.78 is 1.47. The number of nitrogens with one attached hydrogen (secondary N) is 1. The molecular weight excluding hydrogens is 342 g/mol. The van der Waals surface area contributed by atoms with Gasteiger partial charge < -0.3 is 10.0 Å². The third-order valence-corrected chi connectivity index (χ3v) is 5.96. The van der Waals surface area contributed by atoms with E-state index in [4.69, 9.17) is 0 Å². The highest BCUT2D eigenvalue weighted by Gasteiger charge is 2.60. The maximum absolute atomic E-state index is 12.7. The molecular formula is C16H15N5O3S. The lowest BCUT2D eigenvalue weighted by atomic mass is 10.2. The van der Waals surface area contributed by atoms with Crippen LogP contribution in [0.2, 0.25) is 0 Å². The molecule has 8 nitrogen and oxygen atoms in total. The Morgan fingerprint density at radius 1 is 1.52 bits per heavy atom. The van der Waals surface area contributed by atoms with Crippen molar-refractivity contribution in [1.29, 1.82) is 0 Å². The van der Waals surface area contributed by atoms with E-state index >= 15 is 0 Å². The number of carbonyl (C=O) groups excluding carboxylic acids is 1. The summed E-state index contributed by atoms with van der Waals surface area (Å²) in [5, 5.41) is 16.7. The fraction of sp³-hybridized carbons (Fsp3) is 0.375. The number of nitrogens with zero attached hydrogens (tertiary/aromatic N) is 4. The Bertz CT molecular complexity index is 1080. The lowest BCUT2D eigenvalue weighted by Gasteiger charge is -2.18. The van der Waals surface area contributed by atoms with Crippen LogP contribution < -0.4 is 5.56 Å². The zero-order valence-electron chi connectivity index (χ0n) is 13.4. The molecule has 0 radical (unpaired) electrons. The van der Waals surface area contributed by atoms with E-state index in [9.17, 15) is 14.7 Å². The predicted octanol–water partition coefficient (Wildman–Crippen LogP) is 0.686. The number of aromatic nitrogens is 4. The number of carbonyl (C=O) groups is 1. The number of hydrogen-bond donors (Lipinski definition) is 2. The van der Waals surface area contributed by atoms with Crippen LogP contribution >= 0.6 is 11.3 Å². The molecule has 2 unspecified atom stereocenters. The summed E-state index contributed by atoms with van der Waals surface area (Å²) in [5.74, 6) is 0.342. The summed E-state index contributed by atoms with van der Waals surface area (Å²) in [5.41, 5.74) is 0.151. The zero-order valence-corrected chi connectivity index (χ0v) is 14.2. The SMILES string of the molecule is Cc1c(C(=O)N2CC3CC3(O)C2)cnn1-c1nc2sccc2c(=O)[nH]1. The highest BCUT2D eigenvalue weighted by Crippen LogP contribution is 2.49. The first-order valence-electron chi connectivity index (χ1n) is 8.00. The average molecular weight is 357 g/mol. The van der Waals surface area contributed by atoms with Gasteiger partial charge in [0.2, 0.25) is 5.95 Å². The van der Waals surface area contributed by atoms with E-state index < -0.39 is 5.60 Å². The van der Waals surface area contributed by atoms with E-state index in [1.54, 1.807) is 17.9 Å². The van der Waals surface area contributed by atoms with Gasteiger partial charge in [0.15, 0.2) is 0 Å². The van der Waals surface area contributed by atoms with Crippen molar-refractivity contribution in [3.05, 3.63) is 39.3 Å². The Labute approximate surface area is 145 Å². The summed E-state index contributed by atoms with van der Waals surface area (Å²) in [6.45, 7) is 2.72. The van der Waals surface area contributed by atoms with Crippen molar-refractivity contribution in [2.45, 2.75) is 18.9 Å². The first-order valence-corrected chi connectivity index (χ1v) is 8.88. The van der Waals surface area contributed by atoms with E-state index in [1.165, 1.54) is 22.2 Å². The number of fused-ring (bicyclic) bond motifs is 2. The fourth-order valence-electron chi connectivity index (χ4n) is 3.57. The summed E-state index contributed by atoms with van der Waals surface area (Å²) >= 11 is 1.38. The Balaban J connectivity index is 1.51. The lowest BCUT2D eigenvalue weighted by Crippen LogP contribution is -2.33. The van der Waals surface area contributed by atoms with E-state index in [1.807, 2.05) is 5.38 Å². The van der Waals surface area contributed by atoms with Crippen LogP contribution in [-0.4, -0.2) is 54.4 Å². The van der Waals surface area contributed by atoms with E-state index in [-0.39, 0.29) is 17.4 Å². The minimum Gasteiger partial charge on any atom is -0.388 e. The molecule has 3 aromatic rings. The number of rotatable bonds is 2. The van der Waals surface area contributed by atoms with Crippen molar-refractivity contribution in [2.24, 2.45) is 5.92 Å². The molecule has 0 bridgehead atoms. The molecule has 128 valence electrons. The number of hydrogen-bond acceptors (Lipinski definition) is 6. The monoisotopic (exact) mass is 357 g/mol. The van der Waals surface area contributed by atoms with Gasteiger partial charge in [-0.15, -0.1) is 11.3 Å². The molecule has 4 heterocycles. The largest absolute Gasteiger partial charge is 0.388 e. The molecule has 1 aliphatic carbocycles. The van der Waals surface area contributed by atoms with Gasteiger partial charge in [-0.25, -0.2) is 9.67 Å². The number of aliphatic hydroxyl groups is 1. The van der Waals surface area contributed by atoms with Gasteiger partial charge in [-0.1, -0.05) is 0 Å². The molecule has 2 atom stereocenters. The van der Waals surface area contributed by atoms with Gasteiger partial charge >= 0.3 is 0 Å². The summed E-state index contributed by atoms with van der Waals surface area (Å²) in [6.07, 6.45) is 2.27. The quantitative estimate of drug-likeness (QED) is 0.702. The second kappa shape index (κ2) is 4.77. The van der Waals surface area contributed by atoms with E-state index in [0.717, 1.165) is 6.42 Å². The van der Waals surface area contributed by atoms with Gasteiger partial charge in [-0.05, 0) is 24.8 Å². The lowest BCUT2D eigenvalue weighted by molar-refractivity contribution is 0.0702. The van der Waals surface area contributed by atoms with E-state index in [0.29, 0.717) is 40.5 Å². The van der Waals surface area contributed by atoms with Crippen molar-refractivity contribution in [3.63, 3.8) is 0 Å². The first kappa shape index (κ1) is 14.8. The second-order valence-electron chi connectivity index (χ2n) is 6.77. The number of H-pyrrole nitrogens is 1. The van der Waals surface area contributed by atoms with Gasteiger partial charge in [0.1, 0.15) is 4.83 Å². The van der Waals surface area contributed by atoms with Crippen LogP contribution in [-0.2, 0) is 0 Å². The average Bonchev–Trinajstić information content (AvgIpc) is 2.99. The Hall–Kier alpha value is -2.52. The van der Waals surface area contributed by atoms with Crippen LogP contribution in [0.15, 0.2) is 22.4 Å². The molecule has 3 aromatic heterocycles. The van der Waals surface area contributed by atoms with Crippen molar-refractivity contribution < 1.29 is 9.90 Å². The summed E-state index contributed by atoms with van der Waals surface area (Å²) in [7, 11) is 0. The molecule has 2 N–H and O–H groups in total. The van der Waals surface area contributed by atoms with Gasteiger partial charge in [-0.2, -0.15) is 5.10 Å². The normalized spacial score (nSPS) is 24.7. The molecule has 5 rings (SSSR count). The molecule has 2 aliphatic rings. The van der Waals surface area contributed by atoms with Crippen LogP contribution in [0.3, 0.4) is 0 Å². The van der Waals surface area contributed by atoms with Crippen molar-refractivity contribution in [3.8, 4) is 5.95 Å². The third-order valence-electron chi connectivity index (χ3n) is 5.16. The molecule has 1 aliphatic heterocycles. The van der Waals surface area contributed by atoms with Crippen molar-refractivity contribution in [2.75, 3.05) is 13.1 Å². The van der Waals surface area contributed by atoms with Gasteiger partial charge in [0.25, 0.3) is 11.5 Å². The van der Waals surface area contributed by atoms with Crippen molar-refractivity contribution >= 4 is 27.5 Å². The minimum absolute atomic E-state index is 0.149. The minimum atomic E-state index is -0.684. The number of amides is 1. The van der Waals surface area contributed by atoms with Gasteiger partial charge in [-0.3, -0.25) is 14.6 Å². The highest BCUT2D eigenvalue weighted by atomic mass is 32.1. The number of likely N-dealkylation sites (tertiary alicyclic amines) is 1. The predicted molar refractivity (Wildman–Crippen MR) is 91.1 cm³/mol. The van der Waals surface area contributed by atoms with Crippen LogP contribution in [0.25, 0.3) is 16.2 Å². The molecule has 1 saturated carbocycles. The van der Waals surface area contributed by atoms with Crippen LogP contribution in [0.5, 0.6) is 0 Å². The molecule has 1 saturated heterocycles. The standard InChI is InChI=1S/C16H15N5O3S/c1-8-11(14(23)20-6-9-4-16(9,24)7-20)5-17-21(8)15-18-12(22)10-2-3-25-13(10)19-15/h2-3,5,9,24H,4,6-7H2,1H3,(H,18,19,22). The van der Waals surface area contributed by atoms with Crippen molar-refractivity contribution in [1.82, 2.24) is 24.6 Å². The van der Waals surface area contributed by atoms with Gasteiger partial charge in [0.05, 0.1) is 35.0 Å². The summed E-state index contributed by atoms with van der Waals surface area (Å²) in [6, 6.07) is 1.73. The smallest absolute Gasteiger partial charge is 0.261 e. The van der Waals surface area contributed by atoms with Gasteiger partial charge in [0, 0.05) is 12.5 Å². The molecule has 25 heavy (non-hydrogen) atoms. The second-order valence-corrected chi connectivity index (χ2v) is 7.67. The van der Waals surface area contributed by atoms with Crippen LogP contribution in [0, 0.1) is 12.8 Å². The Kier molecular flexibility index (Phi) is 2.82. The number of β-amino-alcohol motifs (C(OH)–C–C–N with tert-alkyl or cyclic N) is 1. The summed E-state index contributed by atoms with van der Waals surface area (Å²) in [4.78, 5) is 34.3. The van der Waals surface area contributed by atoms with E-state index in [2.05, 4.69) is 15.1 Å². The topological polar surface area (TPSA) is 104 Å². The Morgan fingerprint density at radius 2 is 2.36 bits per heavy atom. The molecule has 1 amide bonds. The highest BCUT2D eigenvalue weighted by molar-refractivity contribution is 7.16. The zero-order chi connectivity index (χ0) is 17.3. The Morgan fingerprint density at radius 3 is 3.12 bits per heavy atom. The van der Waals surface area contributed by atoms with Crippen LogP contribution in [0.4, 0.5) is 0 Å². The molecule has 0 aromatic carbocycles. The third kappa shape index (κ3) is 2.09. The molecule has 0 spiro atoms.